The summed E-state index contributed by atoms with van der Waals surface area (Å²) >= 11 is 0. The van der Waals surface area contributed by atoms with E-state index < -0.39 is 0 Å². The van der Waals surface area contributed by atoms with Crippen LogP contribution in [0.5, 0.6) is 0 Å². The van der Waals surface area contributed by atoms with E-state index in [2.05, 4.69) is 36.1 Å². The summed E-state index contributed by atoms with van der Waals surface area (Å²) in [5.74, 6) is 0. The summed E-state index contributed by atoms with van der Waals surface area (Å²) in [5.41, 5.74) is 2.35. The zero-order valence-electron chi connectivity index (χ0n) is 8.35. The highest BCUT2D eigenvalue weighted by Crippen LogP contribution is 2.02. The summed E-state index contributed by atoms with van der Waals surface area (Å²) in [5, 5.41) is 0. The van der Waals surface area contributed by atoms with Crippen molar-refractivity contribution >= 4 is 0 Å². The highest BCUT2D eigenvalue weighted by atomic mass is 15.1. The molecule has 2 heteroatoms. The Kier molecular flexibility index (Phi) is 2.35. The SMILES string of the molecule is [CH2]c1cccc(C[n+]2ccn(C)c2)c1. The van der Waals surface area contributed by atoms with Crippen molar-refractivity contribution in [3.63, 3.8) is 0 Å². The molecule has 1 aromatic carbocycles. The fourth-order valence-electron chi connectivity index (χ4n) is 1.53. The molecule has 1 aromatic heterocycles. The number of hydrogen-bond donors (Lipinski definition) is 0. The molecule has 2 aromatic rings. The molecule has 1 heterocycles. The minimum absolute atomic E-state index is 0.907. The number of aryl methyl sites for hydroxylation is 1. The molecule has 0 fully saturated rings. The van der Waals surface area contributed by atoms with E-state index >= 15 is 0 Å². The van der Waals surface area contributed by atoms with Gasteiger partial charge in [-0.2, -0.15) is 0 Å². The Morgan fingerprint density at radius 3 is 2.93 bits per heavy atom. The Balaban J connectivity index is 2.18. The van der Waals surface area contributed by atoms with Crippen LogP contribution >= 0.6 is 0 Å². The molecule has 0 saturated heterocycles. The Labute approximate surface area is 84.4 Å². The molecule has 0 aliphatic heterocycles. The Morgan fingerprint density at radius 2 is 2.29 bits per heavy atom. The number of hydrogen-bond acceptors (Lipinski definition) is 0. The lowest BCUT2D eigenvalue weighted by Crippen LogP contribution is -2.31. The maximum Gasteiger partial charge on any atom is 0.243 e. The molecule has 1 radical (unpaired) electrons. The van der Waals surface area contributed by atoms with E-state index in [0.717, 1.165) is 12.1 Å². The third-order valence-corrected chi connectivity index (χ3v) is 2.18. The number of imidazole rings is 1. The minimum Gasteiger partial charge on any atom is -0.240 e. The van der Waals surface area contributed by atoms with Gasteiger partial charge in [0, 0.05) is 0 Å². The third-order valence-electron chi connectivity index (χ3n) is 2.18. The second-order valence-corrected chi connectivity index (χ2v) is 3.57. The lowest BCUT2D eigenvalue weighted by molar-refractivity contribution is -0.687. The number of aromatic nitrogens is 2. The van der Waals surface area contributed by atoms with Gasteiger partial charge in [0.25, 0.3) is 0 Å². The van der Waals surface area contributed by atoms with Crippen LogP contribution in [-0.2, 0) is 13.6 Å². The number of rotatable bonds is 2. The molecule has 0 atom stereocenters. The number of nitrogens with zero attached hydrogens (tertiary/aromatic N) is 2. The van der Waals surface area contributed by atoms with Gasteiger partial charge in [-0.15, -0.1) is 0 Å². The predicted molar refractivity (Wildman–Crippen MR) is 55.6 cm³/mol. The molecule has 2 rings (SSSR count). The van der Waals surface area contributed by atoms with Gasteiger partial charge < -0.3 is 0 Å². The first kappa shape index (κ1) is 9.00. The maximum absolute atomic E-state index is 3.91. The van der Waals surface area contributed by atoms with Gasteiger partial charge in [-0.25, -0.2) is 9.13 Å². The second-order valence-electron chi connectivity index (χ2n) is 3.57. The molecule has 0 bridgehead atoms. The molecule has 0 aliphatic rings. The second kappa shape index (κ2) is 3.66. The van der Waals surface area contributed by atoms with E-state index in [1.807, 2.05) is 29.9 Å². The van der Waals surface area contributed by atoms with Gasteiger partial charge in [0.1, 0.15) is 18.9 Å². The average molecular weight is 186 g/mol. The number of benzene rings is 1. The average Bonchev–Trinajstić information content (AvgIpc) is 2.51. The lowest BCUT2D eigenvalue weighted by Gasteiger charge is -1.98. The molecule has 0 unspecified atom stereocenters. The smallest absolute Gasteiger partial charge is 0.240 e. The van der Waals surface area contributed by atoms with Gasteiger partial charge in [-0.05, 0) is 18.1 Å². The molecule has 0 amide bonds. The van der Waals surface area contributed by atoms with E-state index in [4.69, 9.17) is 0 Å². The molecule has 0 saturated carbocycles. The van der Waals surface area contributed by atoms with Crippen molar-refractivity contribution in [2.45, 2.75) is 6.54 Å². The summed E-state index contributed by atoms with van der Waals surface area (Å²) in [6.07, 6.45) is 6.17. The van der Waals surface area contributed by atoms with E-state index in [1.54, 1.807) is 0 Å². The van der Waals surface area contributed by atoms with Gasteiger partial charge >= 0.3 is 0 Å². The summed E-state index contributed by atoms with van der Waals surface area (Å²) in [6, 6.07) is 8.29. The monoisotopic (exact) mass is 186 g/mol. The van der Waals surface area contributed by atoms with Crippen molar-refractivity contribution in [3.8, 4) is 0 Å². The molecule has 0 N–H and O–H groups in total. The Hall–Kier alpha value is -1.57. The summed E-state index contributed by atoms with van der Waals surface area (Å²) in [7, 11) is 2.02. The van der Waals surface area contributed by atoms with Crippen LogP contribution < -0.4 is 4.57 Å². The van der Waals surface area contributed by atoms with Crippen molar-refractivity contribution in [3.05, 3.63) is 61.0 Å². The van der Waals surface area contributed by atoms with Crippen LogP contribution in [0.1, 0.15) is 11.1 Å². The van der Waals surface area contributed by atoms with Crippen molar-refractivity contribution in [2.24, 2.45) is 7.05 Å². The zero-order valence-corrected chi connectivity index (χ0v) is 8.35. The van der Waals surface area contributed by atoms with Gasteiger partial charge in [-0.3, -0.25) is 0 Å². The van der Waals surface area contributed by atoms with E-state index in [-0.39, 0.29) is 0 Å². The first-order valence-corrected chi connectivity index (χ1v) is 4.66. The van der Waals surface area contributed by atoms with Crippen molar-refractivity contribution in [2.75, 3.05) is 0 Å². The molecular weight excluding hydrogens is 172 g/mol. The maximum atomic E-state index is 3.91. The molecule has 14 heavy (non-hydrogen) atoms. The molecule has 0 aliphatic carbocycles. The Bertz CT molecular complexity index is 429. The van der Waals surface area contributed by atoms with Crippen LogP contribution in [0.4, 0.5) is 0 Å². The fraction of sp³-hybridized carbons (Fsp3) is 0.167. The largest absolute Gasteiger partial charge is 0.243 e. The summed E-state index contributed by atoms with van der Waals surface area (Å²) < 4.78 is 4.18. The highest BCUT2D eigenvalue weighted by molar-refractivity contribution is 5.24. The van der Waals surface area contributed by atoms with Gasteiger partial charge in [-0.1, -0.05) is 24.3 Å². The van der Waals surface area contributed by atoms with Gasteiger partial charge in [0.2, 0.25) is 6.33 Å². The normalized spacial score (nSPS) is 10.4. The summed E-state index contributed by atoms with van der Waals surface area (Å²) in [6.45, 7) is 4.82. The van der Waals surface area contributed by atoms with E-state index in [1.165, 1.54) is 5.56 Å². The van der Waals surface area contributed by atoms with Gasteiger partial charge in [0.15, 0.2) is 0 Å². The van der Waals surface area contributed by atoms with Crippen LogP contribution in [0.2, 0.25) is 0 Å². The highest BCUT2D eigenvalue weighted by Gasteiger charge is 2.01. The van der Waals surface area contributed by atoms with Crippen molar-refractivity contribution in [1.82, 2.24) is 4.57 Å². The van der Waals surface area contributed by atoms with Crippen LogP contribution in [-0.4, -0.2) is 4.57 Å². The first-order valence-electron chi connectivity index (χ1n) is 4.66. The van der Waals surface area contributed by atoms with E-state index in [0.29, 0.717) is 0 Å². The molecular formula is C12H14N2+. The van der Waals surface area contributed by atoms with Crippen LogP contribution in [0.25, 0.3) is 0 Å². The van der Waals surface area contributed by atoms with Crippen molar-refractivity contribution in [1.29, 1.82) is 0 Å². The summed E-state index contributed by atoms with van der Waals surface area (Å²) in [4.78, 5) is 0. The van der Waals surface area contributed by atoms with Crippen LogP contribution in [0.15, 0.2) is 43.0 Å². The van der Waals surface area contributed by atoms with Crippen LogP contribution in [0, 0.1) is 6.92 Å². The third kappa shape index (κ3) is 2.02. The first-order chi connectivity index (χ1) is 6.74. The zero-order chi connectivity index (χ0) is 9.97. The molecule has 71 valence electrons. The fourth-order valence-corrected chi connectivity index (χ4v) is 1.53. The minimum atomic E-state index is 0.907. The molecule has 2 nitrogen and oxygen atoms in total. The lowest BCUT2D eigenvalue weighted by atomic mass is 10.1. The van der Waals surface area contributed by atoms with Gasteiger partial charge in [0.05, 0.1) is 7.05 Å². The van der Waals surface area contributed by atoms with E-state index in [9.17, 15) is 0 Å². The standard InChI is InChI=1S/C12H14N2/c1-11-4-3-5-12(8-11)9-14-7-6-13(2)10-14/h3-8,10H,1,9H2,2H3/q+1. The quantitative estimate of drug-likeness (QED) is 0.629. The Morgan fingerprint density at radius 1 is 1.43 bits per heavy atom. The van der Waals surface area contributed by atoms with Crippen molar-refractivity contribution < 1.29 is 4.57 Å². The molecule has 0 spiro atoms. The van der Waals surface area contributed by atoms with Crippen LogP contribution in [0.3, 0.4) is 0 Å². The predicted octanol–water partition coefficient (Wildman–Crippen LogP) is 1.54. The topological polar surface area (TPSA) is 8.81 Å².